The van der Waals surface area contributed by atoms with Gasteiger partial charge >= 0.3 is 0 Å². The summed E-state index contributed by atoms with van der Waals surface area (Å²) < 4.78 is 14.5. The van der Waals surface area contributed by atoms with Crippen molar-refractivity contribution in [3.63, 3.8) is 0 Å². The summed E-state index contributed by atoms with van der Waals surface area (Å²) in [5.41, 5.74) is 1.55. The molecule has 0 amide bonds. The van der Waals surface area contributed by atoms with Crippen LogP contribution >= 0.6 is 11.3 Å². The molecule has 1 aliphatic rings. The Hall–Kier alpha value is -3.24. The number of hydrogen-bond acceptors (Lipinski definition) is 7. The maximum absolute atomic E-state index is 13.1. The van der Waals surface area contributed by atoms with Crippen LogP contribution in [0.15, 0.2) is 52.6 Å². The summed E-state index contributed by atoms with van der Waals surface area (Å²) in [6.07, 6.45) is 0. The van der Waals surface area contributed by atoms with E-state index >= 15 is 0 Å². The Labute approximate surface area is 182 Å². The molecule has 1 aromatic carbocycles. The van der Waals surface area contributed by atoms with Crippen LogP contribution in [-0.2, 0) is 13.1 Å². The third-order valence-electron chi connectivity index (χ3n) is 5.34. The number of aromatic amines is 1. The van der Waals surface area contributed by atoms with Gasteiger partial charge in [0.25, 0.3) is 11.3 Å². The van der Waals surface area contributed by atoms with Crippen molar-refractivity contribution in [2.75, 3.05) is 36.4 Å². The number of piperazine rings is 1. The highest BCUT2D eigenvalue weighted by molar-refractivity contribution is 7.09. The van der Waals surface area contributed by atoms with E-state index in [1.807, 2.05) is 29.6 Å². The molecule has 1 aliphatic heterocycles. The molecule has 2 N–H and O–H groups in total. The number of aromatic nitrogens is 4. The highest BCUT2D eigenvalue weighted by atomic mass is 32.1. The first-order valence-corrected chi connectivity index (χ1v) is 11.0. The van der Waals surface area contributed by atoms with Gasteiger partial charge in [0.2, 0.25) is 5.95 Å². The molecule has 0 radical (unpaired) electrons. The van der Waals surface area contributed by atoms with Gasteiger partial charge < -0.3 is 10.2 Å². The van der Waals surface area contributed by atoms with Crippen molar-refractivity contribution in [1.29, 1.82) is 0 Å². The molecule has 0 spiro atoms. The van der Waals surface area contributed by atoms with Crippen LogP contribution in [0.3, 0.4) is 0 Å². The molecule has 4 aromatic rings. The van der Waals surface area contributed by atoms with Gasteiger partial charge in [-0.1, -0.05) is 6.07 Å². The minimum Gasteiger partial charge on any atom is -0.369 e. The molecule has 5 rings (SSSR count). The van der Waals surface area contributed by atoms with Gasteiger partial charge in [-0.3, -0.25) is 14.8 Å². The fraction of sp³-hybridized carbons (Fsp3) is 0.286. The zero-order valence-corrected chi connectivity index (χ0v) is 17.6. The average Bonchev–Trinajstić information content (AvgIpc) is 3.43. The molecule has 0 bridgehead atoms. The minimum absolute atomic E-state index is 0.179. The highest BCUT2D eigenvalue weighted by Gasteiger charge is 2.19. The number of anilines is 2. The molecule has 31 heavy (non-hydrogen) atoms. The number of hydrogen-bond donors (Lipinski definition) is 2. The van der Waals surface area contributed by atoms with Gasteiger partial charge in [-0.2, -0.15) is 9.50 Å². The van der Waals surface area contributed by atoms with Crippen molar-refractivity contribution in [1.82, 2.24) is 24.5 Å². The van der Waals surface area contributed by atoms with Gasteiger partial charge in [0, 0.05) is 49.4 Å². The van der Waals surface area contributed by atoms with E-state index < -0.39 is 0 Å². The highest BCUT2D eigenvalue weighted by Crippen LogP contribution is 2.17. The van der Waals surface area contributed by atoms with Crippen LogP contribution in [0.4, 0.5) is 16.0 Å². The summed E-state index contributed by atoms with van der Waals surface area (Å²) >= 11 is 1.66. The van der Waals surface area contributed by atoms with Gasteiger partial charge in [-0.05, 0) is 35.7 Å². The number of nitrogens with one attached hydrogen (secondary N) is 2. The van der Waals surface area contributed by atoms with E-state index in [1.165, 1.54) is 21.5 Å². The minimum atomic E-state index is -0.224. The molecule has 4 heterocycles. The second kappa shape index (κ2) is 8.48. The van der Waals surface area contributed by atoms with E-state index in [9.17, 15) is 9.18 Å². The number of nitrogens with zero attached hydrogens (tertiary/aromatic N) is 5. The number of thiophene rings is 1. The number of fused-ring (bicyclic) bond motifs is 1. The van der Waals surface area contributed by atoms with E-state index in [4.69, 9.17) is 0 Å². The molecule has 0 atom stereocenters. The SMILES string of the molecule is O=c1cc(CN2CCN(c3ccc(F)cc3)CC2)nc2nc(NCc3cccs3)[nH]n12. The van der Waals surface area contributed by atoms with Crippen LogP contribution in [0.1, 0.15) is 10.6 Å². The second-order valence-corrected chi connectivity index (χ2v) is 8.50. The van der Waals surface area contributed by atoms with Gasteiger partial charge in [-0.15, -0.1) is 11.3 Å². The fourth-order valence-corrected chi connectivity index (χ4v) is 4.36. The first kappa shape index (κ1) is 19.7. The van der Waals surface area contributed by atoms with Crippen molar-refractivity contribution in [2.24, 2.45) is 0 Å². The smallest absolute Gasteiger partial charge is 0.274 e. The second-order valence-electron chi connectivity index (χ2n) is 7.47. The lowest BCUT2D eigenvalue weighted by atomic mass is 10.2. The van der Waals surface area contributed by atoms with Crippen LogP contribution in [-0.4, -0.2) is 50.7 Å². The molecule has 0 unspecified atom stereocenters. The van der Waals surface area contributed by atoms with Crippen LogP contribution in [0.5, 0.6) is 0 Å². The van der Waals surface area contributed by atoms with E-state index in [0.29, 0.717) is 30.5 Å². The lowest BCUT2D eigenvalue weighted by molar-refractivity contribution is 0.247. The van der Waals surface area contributed by atoms with Crippen LogP contribution in [0.25, 0.3) is 5.78 Å². The molecule has 0 aliphatic carbocycles. The summed E-state index contributed by atoms with van der Waals surface area (Å²) in [6, 6.07) is 12.2. The standard InChI is InChI=1S/C21H22FN7OS/c22-15-3-5-17(6-4-15)28-9-7-27(8-10-28)14-16-12-19(30)29-21(24-16)25-20(26-29)23-13-18-2-1-11-31-18/h1-6,11-12H,7-10,13-14H2,(H2,23,24,25,26). The van der Waals surface area contributed by atoms with E-state index in [0.717, 1.165) is 31.9 Å². The van der Waals surface area contributed by atoms with E-state index in [2.05, 4.69) is 30.2 Å². The molecule has 8 nitrogen and oxygen atoms in total. The van der Waals surface area contributed by atoms with E-state index in [1.54, 1.807) is 17.4 Å². The number of halogens is 1. The number of rotatable bonds is 6. The maximum Gasteiger partial charge on any atom is 0.274 e. The predicted molar refractivity (Wildman–Crippen MR) is 119 cm³/mol. The largest absolute Gasteiger partial charge is 0.369 e. The molecule has 160 valence electrons. The van der Waals surface area contributed by atoms with Crippen molar-refractivity contribution >= 4 is 28.8 Å². The van der Waals surface area contributed by atoms with E-state index in [-0.39, 0.29) is 11.4 Å². The van der Waals surface area contributed by atoms with Gasteiger partial charge in [-0.25, -0.2) is 9.37 Å². The third-order valence-corrected chi connectivity index (χ3v) is 6.22. The Balaban J connectivity index is 1.23. The van der Waals surface area contributed by atoms with Crippen molar-refractivity contribution in [3.8, 4) is 0 Å². The van der Waals surface area contributed by atoms with Gasteiger partial charge in [0.1, 0.15) is 5.82 Å². The Morgan fingerprint density at radius 1 is 1.10 bits per heavy atom. The van der Waals surface area contributed by atoms with Crippen molar-refractivity contribution in [3.05, 3.63) is 74.6 Å². The molecular weight excluding hydrogens is 417 g/mol. The summed E-state index contributed by atoms with van der Waals surface area (Å²) in [5.74, 6) is 0.655. The molecular formula is C21H22FN7OS. The van der Waals surface area contributed by atoms with Gasteiger partial charge in [0.05, 0.1) is 12.2 Å². The third kappa shape index (κ3) is 4.44. The summed E-state index contributed by atoms with van der Waals surface area (Å²) in [4.78, 5) is 27.2. The van der Waals surface area contributed by atoms with Crippen LogP contribution < -0.4 is 15.8 Å². The summed E-state index contributed by atoms with van der Waals surface area (Å²) in [5, 5.41) is 8.18. The molecule has 1 fully saturated rings. The zero-order valence-electron chi connectivity index (χ0n) is 16.8. The first-order valence-electron chi connectivity index (χ1n) is 10.1. The Bertz CT molecular complexity index is 1210. The Kier molecular flexibility index (Phi) is 5.39. The normalized spacial score (nSPS) is 14.9. The predicted octanol–water partition coefficient (Wildman–Crippen LogP) is 2.55. The monoisotopic (exact) mass is 439 g/mol. The van der Waals surface area contributed by atoms with Gasteiger partial charge in [0.15, 0.2) is 0 Å². The number of benzene rings is 1. The average molecular weight is 440 g/mol. The lowest BCUT2D eigenvalue weighted by Crippen LogP contribution is -2.46. The number of H-pyrrole nitrogens is 1. The molecule has 10 heteroatoms. The first-order chi connectivity index (χ1) is 15.1. The van der Waals surface area contributed by atoms with Crippen molar-refractivity contribution < 1.29 is 4.39 Å². The Morgan fingerprint density at radius 2 is 1.90 bits per heavy atom. The lowest BCUT2D eigenvalue weighted by Gasteiger charge is -2.35. The topological polar surface area (TPSA) is 81.6 Å². The molecule has 0 saturated carbocycles. The van der Waals surface area contributed by atoms with Crippen LogP contribution in [0.2, 0.25) is 0 Å². The van der Waals surface area contributed by atoms with Crippen LogP contribution in [0, 0.1) is 5.82 Å². The maximum atomic E-state index is 13.1. The fourth-order valence-electron chi connectivity index (χ4n) is 3.72. The quantitative estimate of drug-likeness (QED) is 0.481. The Morgan fingerprint density at radius 3 is 2.65 bits per heavy atom. The zero-order chi connectivity index (χ0) is 21.2. The van der Waals surface area contributed by atoms with Crippen molar-refractivity contribution in [2.45, 2.75) is 13.1 Å². The molecule has 1 saturated heterocycles. The summed E-state index contributed by atoms with van der Waals surface area (Å²) in [7, 11) is 0. The summed E-state index contributed by atoms with van der Waals surface area (Å²) in [6.45, 7) is 4.59. The molecule has 3 aromatic heterocycles.